The number of halogens is 1. The summed E-state index contributed by atoms with van der Waals surface area (Å²) in [5.41, 5.74) is 4.84. The first-order valence-electron chi connectivity index (χ1n) is 9.98. The number of rotatable bonds is 8. The van der Waals surface area contributed by atoms with Gasteiger partial charge in [0.1, 0.15) is 5.82 Å². The topological polar surface area (TPSA) is 92.5 Å². The van der Waals surface area contributed by atoms with Gasteiger partial charge in [0.25, 0.3) is 0 Å². The van der Waals surface area contributed by atoms with Gasteiger partial charge in [-0.2, -0.15) is 0 Å². The van der Waals surface area contributed by atoms with Gasteiger partial charge < -0.3 is 9.67 Å². The molecule has 0 radical (unpaired) electrons. The molecule has 0 unspecified atom stereocenters. The number of hydrogen-bond acceptors (Lipinski definition) is 5. The van der Waals surface area contributed by atoms with E-state index in [0.717, 1.165) is 47.3 Å². The van der Waals surface area contributed by atoms with Gasteiger partial charge in [0.15, 0.2) is 11.0 Å². The van der Waals surface area contributed by atoms with Gasteiger partial charge in [0.2, 0.25) is 0 Å². The molecule has 0 bridgehead atoms. The van der Waals surface area contributed by atoms with Gasteiger partial charge in [-0.15, -0.1) is 5.10 Å². The summed E-state index contributed by atoms with van der Waals surface area (Å²) in [7, 11) is 0. The molecule has 2 aromatic carbocycles. The quantitative estimate of drug-likeness (QED) is 0.354. The Kier molecular flexibility index (Phi) is 8.83. The standard InChI is InChI=1S/C22H23ClN6O.Sr.2H/c1-2-3-8-20-24-21(23)19(14-30)29(20)13-15-9-11-16(12-10-15)17-6-4-5-7-18(17)22-25-27-28-26-22;;;/h4-7,9-12,30H,2-3,8,13-14H2,1H3,(H,25,26,27,28);;;. The van der Waals surface area contributed by atoms with Crippen molar-refractivity contribution in [3.05, 3.63) is 70.8 Å². The number of unbranched alkanes of at least 4 members (excludes halogenated alkanes) is 1. The van der Waals surface area contributed by atoms with Crippen molar-refractivity contribution < 1.29 is 5.11 Å². The fourth-order valence-electron chi connectivity index (χ4n) is 3.56. The van der Waals surface area contributed by atoms with Gasteiger partial charge in [-0.1, -0.05) is 73.5 Å². The Morgan fingerprint density at radius 3 is 2.45 bits per heavy atom. The average molecular weight is 513 g/mol. The average Bonchev–Trinajstić information content (AvgIpc) is 3.41. The van der Waals surface area contributed by atoms with E-state index in [9.17, 15) is 5.11 Å². The Morgan fingerprint density at radius 2 is 1.81 bits per heavy atom. The van der Waals surface area contributed by atoms with E-state index >= 15 is 0 Å². The van der Waals surface area contributed by atoms with Crippen molar-refractivity contribution in [2.24, 2.45) is 0 Å². The SMILES string of the molecule is CCCCc1nc(Cl)c(CO)n1Cc1ccc(-c2ccccc2-c2nnn[nH]2)cc1.[SrH2]. The van der Waals surface area contributed by atoms with E-state index in [1.54, 1.807) is 0 Å². The molecule has 4 rings (SSSR count). The summed E-state index contributed by atoms with van der Waals surface area (Å²) in [4.78, 5) is 4.47. The molecule has 0 fully saturated rings. The number of benzene rings is 2. The van der Waals surface area contributed by atoms with Crippen molar-refractivity contribution >= 4 is 57.1 Å². The second-order valence-electron chi connectivity index (χ2n) is 7.11. The van der Waals surface area contributed by atoms with Crippen molar-refractivity contribution in [1.29, 1.82) is 0 Å². The van der Waals surface area contributed by atoms with Crippen LogP contribution in [0.25, 0.3) is 22.5 Å². The maximum atomic E-state index is 9.77. The van der Waals surface area contributed by atoms with Crippen LogP contribution in [0.1, 0.15) is 36.8 Å². The molecule has 2 N–H and O–H groups in total. The molecule has 0 amide bonds. The Hall–Kier alpha value is -1.55. The fraction of sp³-hybridized carbons (Fsp3) is 0.273. The molecule has 2 aromatic heterocycles. The van der Waals surface area contributed by atoms with Crippen molar-refractivity contribution in [3.63, 3.8) is 0 Å². The number of tetrazole rings is 1. The summed E-state index contributed by atoms with van der Waals surface area (Å²) in [6.45, 7) is 2.63. The molecule has 0 aliphatic rings. The number of imidazole rings is 1. The van der Waals surface area contributed by atoms with Crippen molar-refractivity contribution in [1.82, 2.24) is 30.2 Å². The van der Waals surface area contributed by atoms with Crippen LogP contribution in [0.3, 0.4) is 0 Å². The van der Waals surface area contributed by atoms with E-state index in [-0.39, 0.29) is 52.1 Å². The molecule has 0 aliphatic heterocycles. The van der Waals surface area contributed by atoms with Crippen LogP contribution in [0.4, 0.5) is 0 Å². The monoisotopic (exact) mass is 512 g/mol. The molecule has 0 saturated heterocycles. The summed E-state index contributed by atoms with van der Waals surface area (Å²) in [5.74, 6) is 1.55. The third-order valence-corrected chi connectivity index (χ3v) is 5.44. The first-order chi connectivity index (χ1) is 14.7. The molecule has 0 saturated carbocycles. The molecule has 9 heteroatoms. The zero-order chi connectivity index (χ0) is 20.9. The molecule has 7 nitrogen and oxygen atoms in total. The van der Waals surface area contributed by atoms with Gasteiger partial charge in [-0.3, -0.25) is 0 Å². The molecular weight excluding hydrogens is 487 g/mol. The van der Waals surface area contributed by atoms with Crippen LogP contribution < -0.4 is 0 Å². The molecule has 158 valence electrons. The molecule has 0 spiro atoms. The number of hydrogen-bond donors (Lipinski definition) is 2. The molecule has 0 atom stereocenters. The summed E-state index contributed by atoms with van der Waals surface area (Å²) in [5, 5.41) is 24.4. The number of aryl methyl sites for hydroxylation is 1. The summed E-state index contributed by atoms with van der Waals surface area (Å²) in [6.07, 6.45) is 2.95. The van der Waals surface area contributed by atoms with Crippen LogP contribution in [0.2, 0.25) is 5.15 Å². The summed E-state index contributed by atoms with van der Waals surface area (Å²) in [6, 6.07) is 16.3. The van der Waals surface area contributed by atoms with Crippen LogP contribution in [-0.4, -0.2) is 80.8 Å². The minimum absolute atomic E-state index is 0. The number of aliphatic hydroxyl groups excluding tert-OH is 1. The van der Waals surface area contributed by atoms with Crippen LogP contribution >= 0.6 is 11.6 Å². The Morgan fingerprint density at radius 1 is 1.06 bits per heavy atom. The van der Waals surface area contributed by atoms with Gasteiger partial charge >= 0.3 is 45.5 Å². The van der Waals surface area contributed by atoms with E-state index < -0.39 is 0 Å². The van der Waals surface area contributed by atoms with Crippen molar-refractivity contribution in [3.8, 4) is 22.5 Å². The van der Waals surface area contributed by atoms with Crippen LogP contribution in [0.5, 0.6) is 0 Å². The summed E-state index contributed by atoms with van der Waals surface area (Å²) >= 11 is 6.26. The third kappa shape index (κ3) is 5.45. The fourth-order valence-corrected chi connectivity index (χ4v) is 3.81. The molecule has 0 aliphatic carbocycles. The Bertz CT molecular complexity index is 1110. The van der Waals surface area contributed by atoms with E-state index in [1.807, 2.05) is 22.8 Å². The molecule has 2 heterocycles. The zero-order valence-corrected chi connectivity index (χ0v) is 17.5. The maximum absolute atomic E-state index is 9.77. The predicted octanol–water partition coefficient (Wildman–Crippen LogP) is 3.35. The third-order valence-electron chi connectivity index (χ3n) is 5.14. The zero-order valence-electron chi connectivity index (χ0n) is 16.7. The Labute approximate surface area is 223 Å². The van der Waals surface area contributed by atoms with Gasteiger partial charge in [0, 0.05) is 18.5 Å². The second kappa shape index (κ2) is 11.4. The second-order valence-corrected chi connectivity index (χ2v) is 7.46. The van der Waals surface area contributed by atoms with E-state index in [1.165, 1.54) is 0 Å². The minimum atomic E-state index is -0.130. The normalized spacial score (nSPS) is 10.8. The summed E-state index contributed by atoms with van der Waals surface area (Å²) < 4.78 is 2.03. The number of aromatic amines is 1. The van der Waals surface area contributed by atoms with Gasteiger partial charge in [0.05, 0.1) is 12.3 Å². The molecule has 4 aromatic rings. The Balaban J connectivity index is 0.00000272. The van der Waals surface area contributed by atoms with E-state index in [2.05, 4.69) is 62.9 Å². The van der Waals surface area contributed by atoms with E-state index in [0.29, 0.717) is 23.2 Å². The molecule has 31 heavy (non-hydrogen) atoms. The number of aliphatic hydroxyl groups is 1. The predicted molar refractivity (Wildman–Crippen MR) is 124 cm³/mol. The first-order valence-corrected chi connectivity index (χ1v) is 10.4. The number of nitrogens with one attached hydrogen (secondary N) is 1. The van der Waals surface area contributed by atoms with Crippen molar-refractivity contribution in [2.45, 2.75) is 39.3 Å². The van der Waals surface area contributed by atoms with E-state index in [4.69, 9.17) is 11.6 Å². The van der Waals surface area contributed by atoms with Crippen molar-refractivity contribution in [2.75, 3.05) is 0 Å². The number of H-pyrrole nitrogens is 1. The van der Waals surface area contributed by atoms with Gasteiger partial charge in [-0.25, -0.2) is 10.1 Å². The van der Waals surface area contributed by atoms with Crippen LogP contribution in [-0.2, 0) is 19.6 Å². The van der Waals surface area contributed by atoms with Gasteiger partial charge in [-0.05, 0) is 33.5 Å². The molecular formula is C22H25ClN6OSr. The first kappa shape index (κ1) is 24.1. The van der Waals surface area contributed by atoms with Crippen LogP contribution in [0.15, 0.2) is 48.5 Å². The van der Waals surface area contributed by atoms with Crippen LogP contribution in [0, 0.1) is 0 Å². The number of aromatic nitrogens is 6. The number of nitrogens with zero attached hydrogens (tertiary/aromatic N) is 5.